The standard InChI is InChI=1S/C23H28F2N8O/c1-14-9-21(30-22(27-14)23(3,24)25)29-18-11-20(28-15(2)34)26-12-17(18)19-10-16(32(4)31-19)13-33-7-5-6-8-33/h9-12H,5-8,13H2,1-4H3,(H2,26,27,28,29,30,34). The van der Waals surface area contributed by atoms with Gasteiger partial charge in [0, 0.05) is 57.0 Å². The third-order valence-corrected chi connectivity index (χ3v) is 5.55. The molecule has 180 valence electrons. The van der Waals surface area contributed by atoms with E-state index in [9.17, 15) is 13.6 Å². The number of carbonyl (C=O) groups excluding carboxylic acids is 1. The largest absolute Gasteiger partial charge is 0.339 e. The minimum atomic E-state index is -3.18. The van der Waals surface area contributed by atoms with Gasteiger partial charge in [-0.05, 0) is 38.9 Å². The number of rotatable bonds is 7. The quantitative estimate of drug-likeness (QED) is 0.538. The van der Waals surface area contributed by atoms with Crippen LogP contribution in [0.5, 0.6) is 0 Å². The van der Waals surface area contributed by atoms with E-state index >= 15 is 0 Å². The molecule has 2 N–H and O–H groups in total. The van der Waals surface area contributed by atoms with Crippen molar-refractivity contribution in [2.45, 2.75) is 46.1 Å². The fraction of sp³-hybridized carbons (Fsp3) is 0.435. The number of likely N-dealkylation sites (tertiary alicyclic amines) is 1. The summed E-state index contributed by atoms with van der Waals surface area (Å²) in [7, 11) is 1.89. The van der Waals surface area contributed by atoms with Gasteiger partial charge in [0.15, 0.2) is 0 Å². The van der Waals surface area contributed by atoms with Crippen molar-refractivity contribution in [2.24, 2.45) is 7.05 Å². The van der Waals surface area contributed by atoms with Crippen LogP contribution in [0.1, 0.15) is 43.9 Å². The lowest BCUT2D eigenvalue weighted by atomic mass is 10.1. The normalized spacial score (nSPS) is 14.4. The maximum absolute atomic E-state index is 13.9. The van der Waals surface area contributed by atoms with Gasteiger partial charge < -0.3 is 10.6 Å². The van der Waals surface area contributed by atoms with Crippen molar-refractivity contribution in [3.05, 3.63) is 41.6 Å². The summed E-state index contributed by atoms with van der Waals surface area (Å²) >= 11 is 0. The summed E-state index contributed by atoms with van der Waals surface area (Å²) < 4.78 is 29.6. The maximum atomic E-state index is 13.9. The molecular formula is C23H28F2N8O. The minimum absolute atomic E-state index is 0.207. The molecule has 4 heterocycles. The van der Waals surface area contributed by atoms with E-state index in [-0.39, 0.29) is 11.7 Å². The van der Waals surface area contributed by atoms with E-state index in [1.807, 2.05) is 17.8 Å². The Morgan fingerprint density at radius 3 is 2.56 bits per heavy atom. The highest BCUT2D eigenvalue weighted by molar-refractivity contribution is 5.89. The molecule has 0 saturated carbocycles. The smallest absolute Gasteiger partial charge is 0.303 e. The fourth-order valence-electron chi connectivity index (χ4n) is 3.93. The highest BCUT2D eigenvalue weighted by Gasteiger charge is 2.29. The SMILES string of the molecule is CC(=O)Nc1cc(Nc2cc(C)nc(C(C)(F)F)n2)c(-c2cc(CN3CCCC3)n(C)n2)cn1. The monoisotopic (exact) mass is 470 g/mol. The van der Waals surface area contributed by atoms with E-state index in [2.05, 4.69) is 35.6 Å². The Morgan fingerprint density at radius 1 is 1.15 bits per heavy atom. The molecule has 1 saturated heterocycles. The molecule has 0 radical (unpaired) electrons. The van der Waals surface area contributed by atoms with Crippen molar-refractivity contribution in [2.75, 3.05) is 23.7 Å². The first kappa shape index (κ1) is 23.7. The second-order valence-electron chi connectivity index (χ2n) is 8.66. The first-order valence-electron chi connectivity index (χ1n) is 11.1. The van der Waals surface area contributed by atoms with Crippen LogP contribution in [-0.4, -0.2) is 48.6 Å². The van der Waals surface area contributed by atoms with Crippen molar-refractivity contribution in [1.29, 1.82) is 0 Å². The molecule has 1 aliphatic rings. The van der Waals surface area contributed by atoms with Crippen molar-refractivity contribution >= 4 is 23.2 Å². The number of alkyl halides is 2. The number of nitrogens with one attached hydrogen (secondary N) is 2. The Hall–Kier alpha value is -3.47. The van der Waals surface area contributed by atoms with Crippen LogP contribution in [0.2, 0.25) is 0 Å². The molecule has 0 atom stereocenters. The average molecular weight is 471 g/mol. The highest BCUT2D eigenvalue weighted by atomic mass is 19.3. The molecule has 3 aromatic rings. The van der Waals surface area contributed by atoms with E-state index in [1.54, 1.807) is 25.3 Å². The van der Waals surface area contributed by atoms with Crippen LogP contribution in [-0.2, 0) is 24.3 Å². The lowest BCUT2D eigenvalue weighted by molar-refractivity contribution is -0.114. The summed E-state index contributed by atoms with van der Waals surface area (Å²) in [6.07, 6.45) is 3.99. The lowest BCUT2D eigenvalue weighted by Crippen LogP contribution is -2.20. The Kier molecular flexibility index (Phi) is 6.56. The number of amides is 1. The zero-order valence-electron chi connectivity index (χ0n) is 19.7. The summed E-state index contributed by atoms with van der Waals surface area (Å²) in [4.78, 5) is 26.1. The Bertz CT molecular complexity index is 1200. The second kappa shape index (κ2) is 9.41. The molecule has 11 heteroatoms. The van der Waals surface area contributed by atoms with Crippen LogP contribution in [0.3, 0.4) is 0 Å². The fourth-order valence-corrected chi connectivity index (χ4v) is 3.93. The molecule has 4 rings (SSSR count). The summed E-state index contributed by atoms with van der Waals surface area (Å²) in [6, 6.07) is 5.21. The van der Waals surface area contributed by atoms with Gasteiger partial charge in [0.1, 0.15) is 11.6 Å². The summed E-state index contributed by atoms with van der Waals surface area (Å²) in [5.41, 5.74) is 3.30. The van der Waals surface area contributed by atoms with Crippen LogP contribution in [0, 0.1) is 6.92 Å². The molecule has 34 heavy (non-hydrogen) atoms. The van der Waals surface area contributed by atoms with Crippen LogP contribution in [0.25, 0.3) is 11.3 Å². The van der Waals surface area contributed by atoms with E-state index in [4.69, 9.17) is 0 Å². The van der Waals surface area contributed by atoms with E-state index in [1.165, 1.54) is 19.8 Å². The number of hydrogen-bond donors (Lipinski definition) is 2. The van der Waals surface area contributed by atoms with Crippen molar-refractivity contribution in [3.8, 4) is 11.3 Å². The number of pyridine rings is 1. The van der Waals surface area contributed by atoms with Gasteiger partial charge in [0.2, 0.25) is 11.7 Å². The molecule has 1 aliphatic heterocycles. The Labute approximate surface area is 196 Å². The van der Waals surface area contributed by atoms with Crippen LogP contribution >= 0.6 is 0 Å². The van der Waals surface area contributed by atoms with Crippen LogP contribution < -0.4 is 10.6 Å². The average Bonchev–Trinajstić information content (AvgIpc) is 3.37. The highest BCUT2D eigenvalue weighted by Crippen LogP contribution is 2.32. The number of nitrogens with zero attached hydrogens (tertiary/aromatic N) is 6. The number of aryl methyl sites for hydroxylation is 2. The molecule has 0 spiro atoms. The predicted octanol–water partition coefficient (Wildman–Crippen LogP) is 3.99. The van der Waals surface area contributed by atoms with Gasteiger partial charge >= 0.3 is 5.92 Å². The van der Waals surface area contributed by atoms with E-state index in [0.29, 0.717) is 28.5 Å². The lowest BCUT2D eigenvalue weighted by Gasteiger charge is -2.15. The minimum Gasteiger partial charge on any atom is -0.339 e. The third kappa shape index (κ3) is 5.53. The Balaban J connectivity index is 1.72. The number of carbonyl (C=O) groups is 1. The molecular weight excluding hydrogens is 442 g/mol. The predicted molar refractivity (Wildman–Crippen MR) is 125 cm³/mol. The maximum Gasteiger partial charge on any atom is 0.303 e. The molecule has 0 aliphatic carbocycles. The molecule has 1 fully saturated rings. The summed E-state index contributed by atoms with van der Waals surface area (Å²) in [5, 5.41) is 10.4. The van der Waals surface area contributed by atoms with Crippen LogP contribution in [0.15, 0.2) is 24.4 Å². The molecule has 9 nitrogen and oxygen atoms in total. The zero-order valence-corrected chi connectivity index (χ0v) is 19.7. The summed E-state index contributed by atoms with van der Waals surface area (Å²) in [6.45, 7) is 6.70. The van der Waals surface area contributed by atoms with Crippen molar-refractivity contribution in [3.63, 3.8) is 0 Å². The third-order valence-electron chi connectivity index (χ3n) is 5.55. The van der Waals surface area contributed by atoms with E-state index < -0.39 is 11.7 Å². The van der Waals surface area contributed by atoms with Crippen molar-refractivity contribution in [1.82, 2.24) is 29.6 Å². The first-order chi connectivity index (χ1) is 16.1. The first-order valence-corrected chi connectivity index (χ1v) is 11.1. The van der Waals surface area contributed by atoms with Crippen LogP contribution in [0.4, 0.5) is 26.1 Å². The van der Waals surface area contributed by atoms with Crippen molar-refractivity contribution < 1.29 is 13.6 Å². The van der Waals surface area contributed by atoms with E-state index in [0.717, 1.165) is 32.3 Å². The van der Waals surface area contributed by atoms with Gasteiger partial charge in [-0.25, -0.2) is 15.0 Å². The molecule has 3 aromatic heterocycles. The van der Waals surface area contributed by atoms with Gasteiger partial charge in [-0.3, -0.25) is 14.4 Å². The van der Waals surface area contributed by atoms with Gasteiger partial charge in [-0.15, -0.1) is 0 Å². The second-order valence-corrected chi connectivity index (χ2v) is 8.66. The molecule has 1 amide bonds. The summed E-state index contributed by atoms with van der Waals surface area (Å²) in [5.74, 6) is -3.51. The molecule has 0 bridgehead atoms. The Morgan fingerprint density at radius 2 is 1.88 bits per heavy atom. The number of hydrogen-bond acceptors (Lipinski definition) is 7. The van der Waals surface area contributed by atoms with Gasteiger partial charge in [0.05, 0.1) is 17.1 Å². The molecule has 0 unspecified atom stereocenters. The number of anilines is 3. The van der Waals surface area contributed by atoms with Gasteiger partial charge in [-0.2, -0.15) is 13.9 Å². The zero-order chi connectivity index (χ0) is 24.5. The topological polar surface area (TPSA) is 101 Å². The molecule has 0 aromatic carbocycles. The number of aromatic nitrogens is 5. The number of halogens is 2. The van der Waals surface area contributed by atoms with Gasteiger partial charge in [-0.1, -0.05) is 0 Å². The van der Waals surface area contributed by atoms with Gasteiger partial charge in [0.25, 0.3) is 0 Å².